The van der Waals surface area contributed by atoms with Crippen LogP contribution in [-0.2, 0) is 4.79 Å². The molecule has 1 amide bonds. The quantitative estimate of drug-likeness (QED) is 0.883. The monoisotopic (exact) mass is 345 g/mol. The Morgan fingerprint density at radius 3 is 2.79 bits per heavy atom. The lowest BCUT2D eigenvalue weighted by Crippen LogP contribution is -2.59. The summed E-state index contributed by atoms with van der Waals surface area (Å²) in [5.41, 5.74) is -1.13. The van der Waals surface area contributed by atoms with Gasteiger partial charge in [0.2, 0.25) is 0 Å². The Morgan fingerprint density at radius 1 is 1.53 bits per heavy atom. The zero-order chi connectivity index (χ0) is 14.0. The first-order valence-corrected chi connectivity index (χ1v) is 7.93. The molecule has 104 valence electrons. The molecule has 1 aliphatic rings. The van der Waals surface area contributed by atoms with Gasteiger partial charge in [-0.05, 0) is 46.1 Å². The van der Waals surface area contributed by atoms with Crippen molar-refractivity contribution < 1.29 is 14.7 Å². The van der Waals surface area contributed by atoms with Crippen molar-refractivity contribution in [2.45, 2.75) is 38.1 Å². The average Bonchev–Trinajstić information content (AvgIpc) is 2.78. The molecule has 1 aliphatic carbocycles. The first-order valence-electron chi connectivity index (χ1n) is 6.26. The van der Waals surface area contributed by atoms with Crippen molar-refractivity contribution >= 4 is 39.1 Å². The lowest BCUT2D eigenvalue weighted by molar-refractivity contribution is -0.148. The molecule has 2 atom stereocenters. The summed E-state index contributed by atoms with van der Waals surface area (Å²) < 4.78 is 0.707. The molecule has 0 aromatic carbocycles. The van der Waals surface area contributed by atoms with Crippen LogP contribution in [0.25, 0.3) is 0 Å². The predicted molar refractivity (Wildman–Crippen MR) is 77.5 cm³/mol. The van der Waals surface area contributed by atoms with Crippen LogP contribution in [0, 0.1) is 5.92 Å². The summed E-state index contributed by atoms with van der Waals surface area (Å²) in [5, 5.41) is 14.1. The molecule has 2 N–H and O–H groups in total. The summed E-state index contributed by atoms with van der Waals surface area (Å²) in [6, 6.07) is 1.79. The largest absolute Gasteiger partial charge is 0.479 e. The van der Waals surface area contributed by atoms with Crippen molar-refractivity contribution in [3.63, 3.8) is 0 Å². The van der Waals surface area contributed by atoms with Crippen LogP contribution in [0.5, 0.6) is 0 Å². The minimum absolute atomic E-state index is 0.0542. The fraction of sp³-hybridized carbons (Fsp3) is 0.538. The molecule has 1 aromatic rings. The summed E-state index contributed by atoms with van der Waals surface area (Å²) in [5.74, 6) is -1.29. The molecular weight excluding hydrogens is 330 g/mol. The molecule has 1 fully saturated rings. The number of carbonyl (C=O) groups excluding carboxylic acids is 1. The fourth-order valence-corrected chi connectivity index (χ4v) is 4.07. The lowest BCUT2D eigenvalue weighted by Gasteiger charge is -2.39. The van der Waals surface area contributed by atoms with Crippen molar-refractivity contribution in [2.24, 2.45) is 5.92 Å². The summed E-state index contributed by atoms with van der Waals surface area (Å²) in [4.78, 5) is 24.4. The van der Waals surface area contributed by atoms with Gasteiger partial charge in [0.15, 0.2) is 0 Å². The zero-order valence-electron chi connectivity index (χ0n) is 10.6. The smallest absolute Gasteiger partial charge is 0.329 e. The van der Waals surface area contributed by atoms with Gasteiger partial charge in [0.1, 0.15) is 10.4 Å². The fourth-order valence-electron chi connectivity index (χ4n) is 2.62. The van der Waals surface area contributed by atoms with Gasteiger partial charge in [0.05, 0.1) is 0 Å². The van der Waals surface area contributed by atoms with E-state index in [0.29, 0.717) is 15.8 Å². The maximum absolute atomic E-state index is 12.3. The molecule has 0 spiro atoms. The second kappa shape index (κ2) is 5.63. The maximum atomic E-state index is 12.3. The van der Waals surface area contributed by atoms with Crippen LogP contribution in [0.15, 0.2) is 15.9 Å². The van der Waals surface area contributed by atoms with Gasteiger partial charge in [-0.3, -0.25) is 4.79 Å². The molecule has 2 unspecified atom stereocenters. The Kier molecular flexibility index (Phi) is 4.30. The van der Waals surface area contributed by atoms with Gasteiger partial charge in [-0.25, -0.2) is 4.79 Å². The van der Waals surface area contributed by atoms with Gasteiger partial charge < -0.3 is 10.4 Å². The molecule has 2 rings (SSSR count). The third-order valence-corrected chi connectivity index (χ3v) is 5.68. The van der Waals surface area contributed by atoms with E-state index >= 15 is 0 Å². The number of carboxylic acids is 1. The molecule has 0 bridgehead atoms. The maximum Gasteiger partial charge on any atom is 0.329 e. The summed E-state index contributed by atoms with van der Waals surface area (Å²) >= 11 is 4.61. The van der Waals surface area contributed by atoms with E-state index in [9.17, 15) is 14.7 Å². The zero-order valence-corrected chi connectivity index (χ0v) is 13.0. The Labute approximate surface area is 124 Å². The Morgan fingerprint density at radius 2 is 2.26 bits per heavy atom. The van der Waals surface area contributed by atoms with Gasteiger partial charge in [0.25, 0.3) is 5.91 Å². The number of nitrogens with one attached hydrogen (secondary N) is 1. The van der Waals surface area contributed by atoms with Crippen molar-refractivity contribution in [3.8, 4) is 0 Å². The molecule has 4 nitrogen and oxygen atoms in total. The first-order chi connectivity index (χ1) is 8.97. The van der Waals surface area contributed by atoms with E-state index in [4.69, 9.17) is 0 Å². The number of hydrogen-bond donors (Lipinski definition) is 2. The molecule has 0 aliphatic heterocycles. The first kappa shape index (κ1) is 14.5. The number of hydrogen-bond acceptors (Lipinski definition) is 3. The number of carboxylic acid groups (broad SMARTS) is 1. The van der Waals surface area contributed by atoms with Crippen LogP contribution in [0.4, 0.5) is 0 Å². The number of thiophene rings is 1. The van der Waals surface area contributed by atoms with E-state index < -0.39 is 11.5 Å². The van der Waals surface area contributed by atoms with E-state index in [2.05, 4.69) is 21.2 Å². The van der Waals surface area contributed by atoms with E-state index in [-0.39, 0.29) is 11.8 Å². The van der Waals surface area contributed by atoms with Gasteiger partial charge in [-0.2, -0.15) is 0 Å². The number of carbonyl (C=O) groups is 2. The molecule has 6 heteroatoms. The van der Waals surface area contributed by atoms with Crippen LogP contribution in [-0.4, -0.2) is 22.5 Å². The van der Waals surface area contributed by atoms with E-state index in [0.717, 1.165) is 19.3 Å². The second-order valence-electron chi connectivity index (χ2n) is 4.98. The van der Waals surface area contributed by atoms with Crippen molar-refractivity contribution in [2.75, 3.05) is 0 Å². The summed E-state index contributed by atoms with van der Waals surface area (Å²) in [7, 11) is 0. The number of amides is 1. The van der Waals surface area contributed by atoms with Crippen LogP contribution in [0.1, 0.15) is 42.3 Å². The highest BCUT2D eigenvalue weighted by molar-refractivity contribution is 9.10. The number of rotatable bonds is 3. The number of aliphatic carboxylic acids is 1. The van der Waals surface area contributed by atoms with Gasteiger partial charge in [-0.1, -0.05) is 19.8 Å². The molecule has 19 heavy (non-hydrogen) atoms. The highest BCUT2D eigenvalue weighted by atomic mass is 79.9. The highest BCUT2D eigenvalue weighted by Crippen LogP contribution is 2.35. The van der Waals surface area contributed by atoms with Crippen LogP contribution < -0.4 is 5.32 Å². The van der Waals surface area contributed by atoms with Crippen LogP contribution in [0.2, 0.25) is 0 Å². The summed E-state index contributed by atoms with van der Waals surface area (Å²) in [6.45, 7) is 1.90. The molecule has 1 heterocycles. The topological polar surface area (TPSA) is 66.4 Å². The number of halogens is 1. The van der Waals surface area contributed by atoms with E-state index in [1.54, 1.807) is 11.4 Å². The van der Waals surface area contributed by atoms with Gasteiger partial charge >= 0.3 is 5.97 Å². The van der Waals surface area contributed by atoms with Crippen molar-refractivity contribution in [1.82, 2.24) is 5.32 Å². The average molecular weight is 346 g/mol. The van der Waals surface area contributed by atoms with Crippen LogP contribution >= 0.6 is 27.3 Å². The molecule has 0 saturated heterocycles. The minimum Gasteiger partial charge on any atom is -0.479 e. The second-order valence-corrected chi connectivity index (χ2v) is 6.75. The molecule has 1 saturated carbocycles. The lowest BCUT2D eigenvalue weighted by atomic mass is 9.73. The predicted octanol–water partition coefficient (Wildman–Crippen LogP) is 3.27. The third kappa shape index (κ3) is 2.69. The van der Waals surface area contributed by atoms with Gasteiger partial charge in [-0.15, -0.1) is 11.3 Å². The molecule has 0 radical (unpaired) electrons. The standard InChI is InChI=1S/C13H16BrNO3S/c1-8-4-2-3-6-13(8,12(17)18)15-11(16)10-9(14)5-7-19-10/h5,7-8H,2-4,6H2,1H3,(H,15,16)(H,17,18). The third-order valence-electron chi connectivity index (χ3n) is 3.84. The SMILES string of the molecule is CC1CCCCC1(NC(=O)c1sccc1Br)C(=O)O. The molecule has 1 aromatic heterocycles. The van der Waals surface area contributed by atoms with Crippen molar-refractivity contribution in [1.29, 1.82) is 0 Å². The summed E-state index contributed by atoms with van der Waals surface area (Å²) in [6.07, 6.45) is 3.19. The minimum atomic E-state index is -1.13. The molecular formula is C13H16BrNO3S. The Hall–Kier alpha value is -0.880. The van der Waals surface area contributed by atoms with Crippen molar-refractivity contribution in [3.05, 3.63) is 20.8 Å². The van der Waals surface area contributed by atoms with E-state index in [1.165, 1.54) is 11.3 Å². The van der Waals surface area contributed by atoms with E-state index in [1.807, 2.05) is 6.92 Å². The normalized spacial score (nSPS) is 26.9. The van der Waals surface area contributed by atoms with Gasteiger partial charge in [0, 0.05) is 4.47 Å². The van der Waals surface area contributed by atoms with Crippen LogP contribution in [0.3, 0.4) is 0 Å². The Bertz CT molecular complexity index is 502. The highest BCUT2D eigenvalue weighted by Gasteiger charge is 2.46. The Balaban J connectivity index is 2.24.